The van der Waals surface area contributed by atoms with Crippen LogP contribution in [0.15, 0.2) is 60.7 Å². The smallest absolute Gasteiger partial charge is 0.331 e. The van der Waals surface area contributed by atoms with E-state index in [1.54, 1.807) is 35.5 Å². The van der Waals surface area contributed by atoms with Crippen molar-refractivity contribution >= 4 is 11.9 Å². The fourth-order valence-corrected chi connectivity index (χ4v) is 9.68. The summed E-state index contributed by atoms with van der Waals surface area (Å²) >= 11 is 0. The highest BCUT2D eigenvalue weighted by Crippen LogP contribution is 2.48. The Hall–Kier alpha value is -5.52. The number of fused-ring (bicyclic) bond motifs is 2. The summed E-state index contributed by atoms with van der Waals surface area (Å²) in [6.07, 6.45) is 6.36. The molecule has 0 radical (unpaired) electrons. The van der Waals surface area contributed by atoms with Crippen LogP contribution < -0.4 is 23.7 Å². The van der Waals surface area contributed by atoms with Crippen LogP contribution in [0.4, 0.5) is 0 Å². The van der Waals surface area contributed by atoms with Crippen LogP contribution in [0.3, 0.4) is 0 Å². The van der Waals surface area contributed by atoms with Crippen LogP contribution in [0.5, 0.6) is 28.7 Å². The number of carbonyl (C=O) groups is 2. The molecule has 3 unspecified atom stereocenters. The monoisotopic (exact) mass is 864 g/mol. The number of carbonyl (C=O) groups excluding carboxylic acids is 2. The highest BCUT2D eigenvalue weighted by Gasteiger charge is 2.42. The van der Waals surface area contributed by atoms with E-state index in [2.05, 4.69) is 72.1 Å². The maximum Gasteiger partial charge on any atom is 0.331 e. The summed E-state index contributed by atoms with van der Waals surface area (Å²) in [6.45, 7) is 13.4. The Balaban J connectivity index is 1.02. The molecule has 63 heavy (non-hydrogen) atoms. The maximum atomic E-state index is 12.8. The molecule has 3 atom stereocenters. The molecule has 0 saturated carbocycles. The molecule has 11 nitrogen and oxygen atoms in total. The summed E-state index contributed by atoms with van der Waals surface area (Å²) < 4.78 is 41.7. The summed E-state index contributed by atoms with van der Waals surface area (Å²) in [5.74, 6) is 2.50. The highest BCUT2D eigenvalue weighted by atomic mass is 16.5. The Labute approximate surface area is 374 Å². The molecule has 0 saturated heterocycles. The van der Waals surface area contributed by atoms with Gasteiger partial charge in [0.25, 0.3) is 0 Å². The van der Waals surface area contributed by atoms with E-state index in [-0.39, 0.29) is 19.3 Å². The molecule has 11 heteroatoms. The lowest BCUT2D eigenvalue weighted by molar-refractivity contribution is -0.941. The van der Waals surface area contributed by atoms with Crippen molar-refractivity contribution in [2.45, 2.75) is 72.4 Å². The van der Waals surface area contributed by atoms with Gasteiger partial charge in [-0.15, -0.1) is 0 Å². The van der Waals surface area contributed by atoms with E-state index in [1.165, 1.54) is 56.1 Å². The van der Waals surface area contributed by atoms with Gasteiger partial charge in [0.2, 0.25) is 0 Å². The molecule has 0 aromatic heterocycles. The average molecular weight is 865 g/mol. The summed E-state index contributed by atoms with van der Waals surface area (Å²) in [5.41, 5.74) is 13.3. The van der Waals surface area contributed by atoms with Crippen LogP contribution in [-0.2, 0) is 44.9 Å². The zero-order valence-corrected chi connectivity index (χ0v) is 39.4. The predicted octanol–water partition coefficient (Wildman–Crippen LogP) is 8.54. The van der Waals surface area contributed by atoms with Gasteiger partial charge in [0.15, 0.2) is 23.0 Å². The second-order valence-corrected chi connectivity index (χ2v) is 17.8. The van der Waals surface area contributed by atoms with Crippen molar-refractivity contribution < 1.29 is 51.7 Å². The van der Waals surface area contributed by atoms with Gasteiger partial charge in [0, 0.05) is 55.4 Å². The number of likely N-dealkylation sites (N-methyl/N-ethyl adjacent to an activating group) is 2. The number of quaternary nitrogens is 2. The molecule has 4 aromatic rings. The van der Waals surface area contributed by atoms with E-state index in [1.807, 2.05) is 18.2 Å². The molecule has 0 aliphatic carbocycles. The summed E-state index contributed by atoms with van der Waals surface area (Å²) in [4.78, 5) is 25.4. The highest BCUT2D eigenvalue weighted by molar-refractivity contribution is 5.91. The topological polar surface area (TPSA) is 98.8 Å². The molecule has 2 aliphatic rings. The molecule has 6 rings (SSSR count). The van der Waals surface area contributed by atoms with Crippen LogP contribution >= 0.6 is 0 Å². The second-order valence-electron chi connectivity index (χ2n) is 17.8. The normalized spacial score (nSPS) is 19.2. The van der Waals surface area contributed by atoms with Gasteiger partial charge in [-0.25, -0.2) is 9.59 Å². The Morgan fingerprint density at radius 2 is 1.30 bits per heavy atom. The van der Waals surface area contributed by atoms with Gasteiger partial charge < -0.3 is 42.1 Å². The number of hydrogen-bond acceptors (Lipinski definition) is 9. The third-order valence-electron chi connectivity index (χ3n) is 13.6. The standard InChI is InChI=1S/C52H68N2O9/c1-34-14-15-38(28-35(34)2)30-43-50-41(29-36(3)37(4)51(50)60-10)21-25-54(43,6)23-13-27-63-48(56)19-18-47(55)62-26-12-22-53(5)24-20-39-31-46(59-9)52(61-11)49(42(39)33-53)40-16-17-44(57-7)45(32-40)58-8/h14-19,28-29,31-32,43H,12-13,20-27,30,33H2,1-11H3/q+2/b19-18+. The lowest BCUT2D eigenvalue weighted by Gasteiger charge is -2.46. The molecule has 0 amide bonds. The number of nitrogens with zero attached hydrogens (tertiary/aromatic N) is 2. The van der Waals surface area contributed by atoms with Crippen molar-refractivity contribution in [3.05, 3.63) is 111 Å². The van der Waals surface area contributed by atoms with Crippen molar-refractivity contribution in [2.24, 2.45) is 0 Å². The minimum atomic E-state index is -0.565. The van der Waals surface area contributed by atoms with Crippen molar-refractivity contribution in [3.63, 3.8) is 0 Å². The lowest BCUT2D eigenvalue weighted by Crippen LogP contribution is -2.53. The third kappa shape index (κ3) is 10.5. The zero-order valence-electron chi connectivity index (χ0n) is 39.4. The number of hydrogen-bond donors (Lipinski definition) is 0. The minimum Gasteiger partial charge on any atom is -0.496 e. The molecule has 0 fully saturated rings. The Morgan fingerprint density at radius 1 is 0.651 bits per heavy atom. The first kappa shape index (κ1) is 47.0. The van der Waals surface area contributed by atoms with Crippen LogP contribution in [0, 0.1) is 27.7 Å². The van der Waals surface area contributed by atoms with Crippen LogP contribution in [0.1, 0.15) is 69.0 Å². The van der Waals surface area contributed by atoms with Gasteiger partial charge in [0.05, 0.1) is 94.6 Å². The minimum absolute atomic E-state index is 0.180. The number of ether oxygens (including phenoxy) is 7. The number of benzene rings is 4. The first-order valence-electron chi connectivity index (χ1n) is 22.1. The SMILES string of the molecule is COc1ccc(-c2c3c(cc(OC)c2OC)CC[N+](C)(CCCOC(=O)/C=C/C(=O)OCCC[N+]2(C)CCc4cc(C)c(C)c(OC)c4C2Cc2ccc(C)c(C)c2)C3)cc1OC. The second kappa shape index (κ2) is 20.3. The number of rotatable bonds is 18. The molecule has 0 N–H and O–H groups in total. The molecule has 2 heterocycles. The van der Waals surface area contributed by atoms with Gasteiger partial charge in [-0.05, 0) is 90.4 Å². The van der Waals surface area contributed by atoms with Gasteiger partial charge in [-0.3, -0.25) is 0 Å². The van der Waals surface area contributed by atoms with Crippen LogP contribution in [0.25, 0.3) is 11.1 Å². The molecule has 338 valence electrons. The van der Waals surface area contributed by atoms with E-state index in [0.717, 1.165) is 83.9 Å². The summed E-state index contributed by atoms with van der Waals surface area (Å²) in [5, 5.41) is 0. The summed E-state index contributed by atoms with van der Waals surface area (Å²) in [7, 11) is 12.9. The number of methoxy groups -OCH3 is 5. The molecule has 0 spiro atoms. The van der Waals surface area contributed by atoms with E-state index >= 15 is 0 Å². The van der Waals surface area contributed by atoms with Gasteiger partial charge in [-0.1, -0.05) is 30.3 Å². The molecular formula is C52H68N2O9+2. The Morgan fingerprint density at radius 3 is 1.94 bits per heavy atom. The zero-order chi connectivity index (χ0) is 45.5. The van der Waals surface area contributed by atoms with Gasteiger partial charge in [0.1, 0.15) is 18.3 Å². The number of esters is 2. The predicted molar refractivity (Wildman–Crippen MR) is 246 cm³/mol. The van der Waals surface area contributed by atoms with Crippen molar-refractivity contribution in [2.75, 3.05) is 89.0 Å². The Bertz CT molecular complexity index is 2340. The van der Waals surface area contributed by atoms with E-state index in [0.29, 0.717) is 35.8 Å². The molecule has 2 aliphatic heterocycles. The van der Waals surface area contributed by atoms with Crippen LogP contribution in [-0.4, -0.2) is 110 Å². The first-order chi connectivity index (χ1) is 30.2. The van der Waals surface area contributed by atoms with E-state index in [4.69, 9.17) is 33.2 Å². The Kier molecular flexibility index (Phi) is 15.2. The van der Waals surface area contributed by atoms with Gasteiger partial charge >= 0.3 is 11.9 Å². The maximum absolute atomic E-state index is 12.8. The summed E-state index contributed by atoms with van der Waals surface area (Å²) in [6, 6.07) is 17.3. The van der Waals surface area contributed by atoms with Crippen molar-refractivity contribution in [1.29, 1.82) is 0 Å². The van der Waals surface area contributed by atoms with Crippen molar-refractivity contribution in [1.82, 2.24) is 0 Å². The quantitative estimate of drug-likeness (QED) is 0.0422. The van der Waals surface area contributed by atoms with E-state index < -0.39 is 11.9 Å². The average Bonchev–Trinajstić information content (AvgIpc) is 3.28. The fraction of sp³-hybridized carbons (Fsp3) is 0.462. The third-order valence-corrected chi connectivity index (χ3v) is 13.6. The van der Waals surface area contributed by atoms with E-state index in [9.17, 15) is 9.59 Å². The lowest BCUT2D eigenvalue weighted by atomic mass is 9.83. The fourth-order valence-electron chi connectivity index (χ4n) is 9.68. The van der Waals surface area contributed by atoms with Gasteiger partial charge in [-0.2, -0.15) is 0 Å². The molecular weight excluding hydrogens is 797 g/mol. The van der Waals surface area contributed by atoms with Crippen molar-refractivity contribution in [3.8, 4) is 39.9 Å². The first-order valence-corrected chi connectivity index (χ1v) is 22.1. The van der Waals surface area contributed by atoms with Crippen LogP contribution in [0.2, 0.25) is 0 Å². The largest absolute Gasteiger partial charge is 0.496 e. The molecule has 4 aromatic carbocycles. The molecule has 0 bridgehead atoms. The number of aryl methyl sites for hydroxylation is 3.